The van der Waals surface area contributed by atoms with Crippen molar-refractivity contribution >= 4 is 11.9 Å². The zero-order chi connectivity index (χ0) is 24.3. The molecule has 0 aromatic heterocycles. The van der Waals surface area contributed by atoms with Gasteiger partial charge in [-0.2, -0.15) is 0 Å². The molecule has 0 unspecified atom stereocenters. The van der Waals surface area contributed by atoms with Crippen LogP contribution in [0.15, 0.2) is 12.2 Å². The summed E-state index contributed by atoms with van der Waals surface area (Å²) in [7, 11) is 0. The van der Waals surface area contributed by atoms with E-state index < -0.39 is 0 Å². The molecule has 4 heteroatoms. The average molecular weight is 453 g/mol. The van der Waals surface area contributed by atoms with Crippen molar-refractivity contribution in [2.75, 3.05) is 0 Å². The third kappa shape index (κ3) is 24.9. The second-order valence-electron chi connectivity index (χ2n) is 11.0. The van der Waals surface area contributed by atoms with Crippen molar-refractivity contribution in [2.24, 2.45) is 0 Å². The number of carbonyl (C=O) groups excluding carboxylic acids is 2. The first-order chi connectivity index (χ1) is 15.0. The summed E-state index contributed by atoms with van der Waals surface area (Å²) < 4.78 is 10.6. The van der Waals surface area contributed by atoms with E-state index in [4.69, 9.17) is 9.47 Å². The van der Waals surface area contributed by atoms with Crippen LogP contribution in [0.4, 0.5) is 0 Å². The third-order valence-electron chi connectivity index (χ3n) is 5.02. The monoisotopic (exact) mass is 452 g/mol. The molecule has 4 nitrogen and oxygen atoms in total. The predicted molar refractivity (Wildman–Crippen MR) is 135 cm³/mol. The number of hydrogen-bond acceptors (Lipinski definition) is 4. The van der Waals surface area contributed by atoms with Crippen molar-refractivity contribution in [1.82, 2.24) is 0 Å². The molecule has 0 fully saturated rings. The maximum absolute atomic E-state index is 11.6. The second kappa shape index (κ2) is 18.1. The van der Waals surface area contributed by atoms with Gasteiger partial charge in [0.25, 0.3) is 0 Å². The average Bonchev–Trinajstić information content (AvgIpc) is 2.64. The van der Waals surface area contributed by atoms with E-state index in [1.165, 1.54) is 64.2 Å². The number of allylic oxidation sites excluding steroid dienone is 2. The van der Waals surface area contributed by atoms with Crippen LogP contribution >= 0.6 is 0 Å². The van der Waals surface area contributed by atoms with Crippen molar-refractivity contribution in [3.8, 4) is 0 Å². The molecule has 0 saturated carbocycles. The number of hydrogen-bond donors (Lipinski definition) is 0. The first-order valence-electron chi connectivity index (χ1n) is 13.1. The Morgan fingerprint density at radius 2 is 0.844 bits per heavy atom. The summed E-state index contributed by atoms with van der Waals surface area (Å²) in [4.78, 5) is 23.2. The molecule has 0 aromatic carbocycles. The fourth-order valence-corrected chi connectivity index (χ4v) is 3.52. The summed E-state index contributed by atoms with van der Waals surface area (Å²) in [5.74, 6) is -0.174. The number of ether oxygens (including phenoxy) is 2. The lowest BCUT2D eigenvalue weighted by atomic mass is 10.0. The molecule has 32 heavy (non-hydrogen) atoms. The summed E-state index contributed by atoms with van der Waals surface area (Å²) in [6.07, 6.45) is 22.4. The largest absolute Gasteiger partial charge is 0.460 e. The minimum absolute atomic E-state index is 0.0632. The minimum Gasteiger partial charge on any atom is -0.460 e. The molecule has 0 heterocycles. The summed E-state index contributed by atoms with van der Waals surface area (Å²) in [5.41, 5.74) is -0.746. The zero-order valence-corrected chi connectivity index (χ0v) is 22.1. The lowest BCUT2D eigenvalue weighted by Crippen LogP contribution is -2.23. The van der Waals surface area contributed by atoms with E-state index in [-0.39, 0.29) is 23.1 Å². The van der Waals surface area contributed by atoms with Crippen LogP contribution in [0.2, 0.25) is 0 Å². The van der Waals surface area contributed by atoms with E-state index in [1.54, 1.807) is 0 Å². The summed E-state index contributed by atoms with van der Waals surface area (Å²) in [5, 5.41) is 0. The zero-order valence-electron chi connectivity index (χ0n) is 22.1. The van der Waals surface area contributed by atoms with Crippen LogP contribution in [0.1, 0.15) is 144 Å². The highest BCUT2D eigenvalue weighted by Crippen LogP contribution is 2.15. The first kappa shape index (κ1) is 30.7. The molecular formula is C28H52O4. The Bertz CT molecular complexity index is 509. The molecule has 0 aromatic rings. The van der Waals surface area contributed by atoms with Gasteiger partial charge in [0.2, 0.25) is 0 Å². The summed E-state index contributed by atoms with van der Waals surface area (Å²) in [6, 6.07) is 0. The van der Waals surface area contributed by atoms with Gasteiger partial charge in [-0.15, -0.1) is 0 Å². The van der Waals surface area contributed by atoms with Crippen molar-refractivity contribution in [3.05, 3.63) is 12.2 Å². The first-order valence-corrected chi connectivity index (χ1v) is 13.1. The molecule has 0 spiro atoms. The van der Waals surface area contributed by atoms with Gasteiger partial charge in [-0.25, -0.2) is 0 Å². The molecule has 0 bridgehead atoms. The van der Waals surface area contributed by atoms with Gasteiger partial charge < -0.3 is 9.47 Å². The molecule has 0 aliphatic heterocycles. The quantitative estimate of drug-likeness (QED) is 0.119. The number of carbonyl (C=O) groups is 2. The predicted octanol–water partition coefficient (Wildman–Crippen LogP) is 8.47. The minimum atomic E-state index is -0.384. The van der Waals surface area contributed by atoms with Crippen LogP contribution < -0.4 is 0 Å². The van der Waals surface area contributed by atoms with Crippen molar-refractivity contribution in [2.45, 2.75) is 155 Å². The van der Waals surface area contributed by atoms with Gasteiger partial charge in [0.1, 0.15) is 11.2 Å². The van der Waals surface area contributed by atoms with E-state index in [2.05, 4.69) is 12.2 Å². The molecule has 0 amide bonds. The normalized spacial score (nSPS) is 12.3. The fourth-order valence-electron chi connectivity index (χ4n) is 3.52. The molecule has 0 aliphatic carbocycles. The molecule has 188 valence electrons. The summed E-state index contributed by atoms with van der Waals surface area (Å²) in [6.45, 7) is 11.5. The Morgan fingerprint density at radius 1 is 0.500 bits per heavy atom. The van der Waals surface area contributed by atoms with E-state index in [0.29, 0.717) is 12.8 Å². The highest BCUT2D eigenvalue weighted by molar-refractivity contribution is 5.70. The molecule has 0 N–H and O–H groups in total. The van der Waals surface area contributed by atoms with Crippen LogP contribution in [0.5, 0.6) is 0 Å². The van der Waals surface area contributed by atoms with Crippen molar-refractivity contribution in [1.29, 1.82) is 0 Å². The Kier molecular flexibility index (Phi) is 17.4. The van der Waals surface area contributed by atoms with E-state index in [9.17, 15) is 9.59 Å². The van der Waals surface area contributed by atoms with Crippen LogP contribution in [0.3, 0.4) is 0 Å². The standard InChI is InChI=1S/C28H52O4/c1-27(2,3)31-25(29)23-21-19-17-15-13-11-9-7-8-10-12-14-16-18-20-22-24-26(30)32-28(4,5)6/h17,19H,7-16,18,20-24H2,1-6H3/b19-17+. The maximum Gasteiger partial charge on any atom is 0.306 e. The molecule has 0 saturated heterocycles. The van der Waals surface area contributed by atoms with Gasteiger partial charge in [0.15, 0.2) is 0 Å². The van der Waals surface area contributed by atoms with Crippen molar-refractivity contribution in [3.63, 3.8) is 0 Å². The fraction of sp³-hybridized carbons (Fsp3) is 0.857. The van der Waals surface area contributed by atoms with Crippen LogP contribution in [0.25, 0.3) is 0 Å². The van der Waals surface area contributed by atoms with E-state index in [1.807, 2.05) is 41.5 Å². The lowest BCUT2D eigenvalue weighted by Gasteiger charge is -2.19. The Labute approximate surface area is 198 Å². The number of esters is 2. The van der Waals surface area contributed by atoms with Gasteiger partial charge in [-0.05, 0) is 67.2 Å². The lowest BCUT2D eigenvalue weighted by molar-refractivity contribution is -0.156. The van der Waals surface area contributed by atoms with Gasteiger partial charge in [0.05, 0.1) is 0 Å². The topological polar surface area (TPSA) is 52.6 Å². The second-order valence-corrected chi connectivity index (χ2v) is 11.0. The molecule has 0 rings (SSSR count). The van der Waals surface area contributed by atoms with Crippen molar-refractivity contribution < 1.29 is 19.1 Å². The summed E-state index contributed by atoms with van der Waals surface area (Å²) >= 11 is 0. The van der Waals surface area contributed by atoms with Crippen LogP contribution in [-0.2, 0) is 19.1 Å². The maximum atomic E-state index is 11.6. The smallest absolute Gasteiger partial charge is 0.306 e. The Hall–Kier alpha value is -1.32. The molecule has 0 atom stereocenters. The van der Waals surface area contributed by atoms with E-state index >= 15 is 0 Å². The highest BCUT2D eigenvalue weighted by atomic mass is 16.6. The Morgan fingerprint density at radius 3 is 1.28 bits per heavy atom. The van der Waals surface area contributed by atoms with Crippen LogP contribution in [0, 0.1) is 0 Å². The van der Waals surface area contributed by atoms with Gasteiger partial charge in [-0.1, -0.05) is 76.4 Å². The molecule has 0 aliphatic rings. The third-order valence-corrected chi connectivity index (χ3v) is 5.02. The Balaban J connectivity index is 3.30. The number of rotatable bonds is 18. The molecule has 0 radical (unpaired) electrons. The SMILES string of the molecule is CC(C)(C)OC(=O)CC/C=C/CCCCCCCCCCCCCCC(=O)OC(C)(C)C. The highest BCUT2D eigenvalue weighted by Gasteiger charge is 2.16. The van der Waals surface area contributed by atoms with E-state index in [0.717, 1.165) is 25.7 Å². The van der Waals surface area contributed by atoms with Gasteiger partial charge >= 0.3 is 11.9 Å². The number of unbranched alkanes of at least 4 members (excludes halogenated alkanes) is 12. The van der Waals surface area contributed by atoms with Gasteiger partial charge in [-0.3, -0.25) is 9.59 Å². The van der Waals surface area contributed by atoms with Gasteiger partial charge in [0, 0.05) is 12.8 Å². The molecular weight excluding hydrogens is 400 g/mol. The van der Waals surface area contributed by atoms with Crippen LogP contribution in [-0.4, -0.2) is 23.1 Å².